The Morgan fingerprint density at radius 2 is 1.76 bits per heavy atom. The van der Waals surface area contributed by atoms with E-state index >= 15 is 0 Å². The van der Waals surface area contributed by atoms with Crippen LogP contribution in [0, 0.1) is 0 Å². The average molecular weight is 337 g/mol. The van der Waals surface area contributed by atoms with Crippen molar-refractivity contribution in [3.63, 3.8) is 0 Å². The van der Waals surface area contributed by atoms with Crippen molar-refractivity contribution in [2.45, 2.75) is 18.5 Å². The van der Waals surface area contributed by atoms with Gasteiger partial charge in [-0.15, -0.1) is 5.10 Å². The van der Waals surface area contributed by atoms with Crippen LogP contribution in [-0.2, 0) is 11.2 Å². The molecule has 1 aromatic heterocycles. The number of hydrogen-bond donors (Lipinski definition) is 2. The lowest BCUT2D eigenvalue weighted by Crippen LogP contribution is -2.43. The first-order valence-corrected chi connectivity index (χ1v) is 8.00. The second kappa shape index (κ2) is 8.16. The summed E-state index contributed by atoms with van der Waals surface area (Å²) in [5.41, 5.74) is 1.81. The van der Waals surface area contributed by atoms with Crippen LogP contribution < -0.4 is 5.32 Å². The van der Waals surface area contributed by atoms with Gasteiger partial charge < -0.3 is 10.4 Å². The Morgan fingerprint density at radius 1 is 1.08 bits per heavy atom. The summed E-state index contributed by atoms with van der Waals surface area (Å²) in [4.78, 5) is 12.9. The molecule has 3 aromatic rings. The van der Waals surface area contributed by atoms with Crippen molar-refractivity contribution in [3.05, 3.63) is 78.1 Å². The van der Waals surface area contributed by atoms with Crippen molar-refractivity contribution in [2.24, 2.45) is 0 Å². The zero-order valence-electron chi connectivity index (χ0n) is 13.6. The summed E-state index contributed by atoms with van der Waals surface area (Å²) in [6, 6.07) is 17.9. The molecule has 0 radical (unpaired) electrons. The number of aromatic nitrogens is 4. The number of tetrazole rings is 1. The van der Waals surface area contributed by atoms with Crippen LogP contribution in [0.3, 0.4) is 0 Å². The Bertz CT molecular complexity index is 778. The molecule has 0 saturated carbocycles. The Morgan fingerprint density at radius 3 is 2.36 bits per heavy atom. The van der Waals surface area contributed by atoms with Gasteiger partial charge in [0.05, 0.1) is 12.6 Å². The van der Waals surface area contributed by atoms with E-state index in [0.29, 0.717) is 6.42 Å². The van der Waals surface area contributed by atoms with Gasteiger partial charge in [-0.3, -0.25) is 4.79 Å². The van der Waals surface area contributed by atoms with Gasteiger partial charge in [0.1, 0.15) is 6.33 Å². The number of carbonyl (C=O) groups is 1. The second-order valence-electron chi connectivity index (χ2n) is 5.68. The van der Waals surface area contributed by atoms with E-state index in [1.165, 1.54) is 11.0 Å². The Hall–Kier alpha value is -3.06. The molecule has 0 aliphatic rings. The molecule has 1 heterocycles. The van der Waals surface area contributed by atoms with Crippen molar-refractivity contribution in [2.75, 3.05) is 6.61 Å². The van der Waals surface area contributed by atoms with Gasteiger partial charge in [-0.1, -0.05) is 60.7 Å². The van der Waals surface area contributed by atoms with Gasteiger partial charge in [-0.2, -0.15) is 0 Å². The van der Waals surface area contributed by atoms with E-state index < -0.39 is 12.1 Å². The number of rotatable bonds is 7. The van der Waals surface area contributed by atoms with Crippen molar-refractivity contribution in [1.82, 2.24) is 25.5 Å². The normalized spacial score (nSPS) is 13.2. The van der Waals surface area contributed by atoms with E-state index in [9.17, 15) is 9.90 Å². The van der Waals surface area contributed by atoms with Crippen LogP contribution in [0.4, 0.5) is 0 Å². The highest BCUT2D eigenvalue weighted by Gasteiger charge is 2.25. The van der Waals surface area contributed by atoms with Crippen LogP contribution in [0.2, 0.25) is 0 Å². The number of amides is 1. The van der Waals surface area contributed by atoms with Crippen LogP contribution in [0.15, 0.2) is 67.0 Å². The Balaban J connectivity index is 1.78. The first-order chi connectivity index (χ1) is 12.3. The summed E-state index contributed by atoms with van der Waals surface area (Å²) in [6.07, 6.45) is 1.95. The quantitative estimate of drug-likeness (QED) is 0.670. The van der Waals surface area contributed by atoms with Gasteiger partial charge in [-0.25, -0.2) is 4.68 Å². The summed E-state index contributed by atoms with van der Waals surface area (Å²) >= 11 is 0. The minimum absolute atomic E-state index is 0.155. The maximum atomic E-state index is 12.9. The Kier molecular flexibility index (Phi) is 5.48. The summed E-state index contributed by atoms with van der Waals surface area (Å²) in [5, 5.41) is 23.7. The van der Waals surface area contributed by atoms with E-state index in [-0.39, 0.29) is 12.5 Å². The molecule has 25 heavy (non-hydrogen) atoms. The molecule has 7 nitrogen and oxygen atoms in total. The zero-order chi connectivity index (χ0) is 17.5. The molecular formula is C18H19N5O2. The molecule has 128 valence electrons. The highest BCUT2D eigenvalue weighted by Crippen LogP contribution is 2.17. The molecule has 0 saturated heterocycles. The molecule has 0 aliphatic carbocycles. The van der Waals surface area contributed by atoms with E-state index in [2.05, 4.69) is 20.8 Å². The number of aliphatic hydroxyl groups is 1. The predicted molar refractivity (Wildman–Crippen MR) is 91.6 cm³/mol. The summed E-state index contributed by atoms with van der Waals surface area (Å²) < 4.78 is 1.40. The lowest BCUT2D eigenvalue weighted by atomic mass is 10.0. The highest BCUT2D eigenvalue weighted by molar-refractivity contribution is 5.83. The monoisotopic (exact) mass is 337 g/mol. The number of aliphatic hydroxyl groups excluding tert-OH is 1. The molecular weight excluding hydrogens is 318 g/mol. The SMILES string of the molecule is O=C(N[C@H](CO)Cc1ccccc1)[C@H](c1ccccc1)n1cnnn1. The first kappa shape index (κ1) is 16.8. The van der Waals surface area contributed by atoms with Crippen LogP contribution >= 0.6 is 0 Å². The van der Waals surface area contributed by atoms with Crippen LogP contribution in [0.1, 0.15) is 17.2 Å². The van der Waals surface area contributed by atoms with Gasteiger partial charge in [0.25, 0.3) is 0 Å². The third-order valence-electron chi connectivity index (χ3n) is 3.88. The lowest BCUT2D eigenvalue weighted by molar-refractivity contribution is -0.124. The number of nitrogens with zero attached hydrogens (tertiary/aromatic N) is 4. The number of nitrogens with one attached hydrogen (secondary N) is 1. The molecule has 2 aromatic carbocycles. The fourth-order valence-electron chi connectivity index (χ4n) is 2.69. The summed E-state index contributed by atoms with van der Waals surface area (Å²) in [7, 11) is 0. The van der Waals surface area contributed by atoms with Crippen LogP contribution in [-0.4, -0.2) is 43.9 Å². The maximum absolute atomic E-state index is 12.9. The topological polar surface area (TPSA) is 92.9 Å². The molecule has 2 N–H and O–H groups in total. The van der Waals surface area contributed by atoms with Crippen LogP contribution in [0.5, 0.6) is 0 Å². The number of benzene rings is 2. The van der Waals surface area contributed by atoms with E-state index in [4.69, 9.17) is 0 Å². The molecule has 2 atom stereocenters. The molecule has 0 bridgehead atoms. The standard InChI is InChI=1S/C18H19N5O2/c24-12-16(11-14-7-3-1-4-8-14)20-18(25)17(23-13-19-21-22-23)15-9-5-2-6-10-15/h1-10,13,16-17,24H,11-12H2,(H,20,25)/t16-,17-/m0/s1. The average Bonchev–Trinajstić information content (AvgIpc) is 3.17. The van der Waals surface area contributed by atoms with E-state index in [1.54, 1.807) is 0 Å². The van der Waals surface area contributed by atoms with E-state index in [1.807, 2.05) is 60.7 Å². The fourth-order valence-corrected chi connectivity index (χ4v) is 2.69. The third kappa shape index (κ3) is 4.27. The van der Waals surface area contributed by atoms with Crippen molar-refractivity contribution in [1.29, 1.82) is 0 Å². The van der Waals surface area contributed by atoms with Crippen molar-refractivity contribution in [3.8, 4) is 0 Å². The van der Waals surface area contributed by atoms with Crippen molar-refractivity contribution < 1.29 is 9.90 Å². The van der Waals surface area contributed by atoms with E-state index in [0.717, 1.165) is 11.1 Å². The second-order valence-corrected chi connectivity index (χ2v) is 5.68. The molecule has 0 unspecified atom stereocenters. The van der Waals surface area contributed by atoms with Gasteiger partial charge >= 0.3 is 0 Å². The Labute approximate surface area is 145 Å². The highest BCUT2D eigenvalue weighted by atomic mass is 16.3. The summed E-state index contributed by atoms with van der Waals surface area (Å²) in [5.74, 6) is -0.270. The number of hydrogen-bond acceptors (Lipinski definition) is 5. The molecule has 3 rings (SSSR count). The zero-order valence-corrected chi connectivity index (χ0v) is 13.6. The molecule has 0 spiro atoms. The lowest BCUT2D eigenvalue weighted by Gasteiger charge is -2.21. The molecule has 0 aliphatic heterocycles. The third-order valence-corrected chi connectivity index (χ3v) is 3.88. The molecule has 0 fully saturated rings. The van der Waals surface area contributed by atoms with Gasteiger partial charge in [0, 0.05) is 0 Å². The predicted octanol–water partition coefficient (Wildman–Crippen LogP) is 0.982. The largest absolute Gasteiger partial charge is 0.394 e. The van der Waals surface area contributed by atoms with Crippen LogP contribution in [0.25, 0.3) is 0 Å². The minimum Gasteiger partial charge on any atom is -0.394 e. The smallest absolute Gasteiger partial charge is 0.249 e. The van der Waals surface area contributed by atoms with Gasteiger partial charge in [-0.05, 0) is 28.0 Å². The van der Waals surface area contributed by atoms with Gasteiger partial charge in [0.15, 0.2) is 6.04 Å². The fraction of sp³-hybridized carbons (Fsp3) is 0.222. The number of carbonyl (C=O) groups excluding carboxylic acids is 1. The first-order valence-electron chi connectivity index (χ1n) is 8.00. The van der Waals surface area contributed by atoms with Gasteiger partial charge in [0.2, 0.25) is 5.91 Å². The molecule has 1 amide bonds. The maximum Gasteiger partial charge on any atom is 0.249 e. The molecule has 7 heteroatoms. The summed E-state index contributed by atoms with van der Waals surface area (Å²) in [6.45, 7) is -0.155. The van der Waals surface area contributed by atoms with Crippen molar-refractivity contribution >= 4 is 5.91 Å². The minimum atomic E-state index is -0.693.